The highest BCUT2D eigenvalue weighted by atomic mass is 16.5. The van der Waals surface area contributed by atoms with Crippen molar-refractivity contribution < 1.29 is 13.9 Å². The van der Waals surface area contributed by atoms with Gasteiger partial charge in [0.2, 0.25) is 5.76 Å². The number of aryl methyl sites for hydroxylation is 1. The van der Waals surface area contributed by atoms with Crippen molar-refractivity contribution >= 4 is 11.8 Å². The molecule has 0 radical (unpaired) electrons. The zero-order valence-electron chi connectivity index (χ0n) is 10.3. The second-order valence-electron chi connectivity index (χ2n) is 3.78. The quantitative estimate of drug-likeness (QED) is 0.839. The number of methoxy groups -OCH3 is 1. The first-order chi connectivity index (χ1) is 8.69. The molecule has 0 aliphatic rings. The smallest absolute Gasteiger partial charge is 0.373 e. The number of carbonyl (C=O) groups excluding carboxylic acids is 1. The molecule has 2 aromatic heterocycles. The summed E-state index contributed by atoms with van der Waals surface area (Å²) in [5.74, 6) is 1.14. The lowest BCUT2D eigenvalue weighted by Gasteiger charge is -2.03. The molecule has 18 heavy (non-hydrogen) atoms. The Morgan fingerprint density at radius 3 is 2.94 bits per heavy atom. The van der Waals surface area contributed by atoms with Crippen LogP contribution in [-0.4, -0.2) is 18.1 Å². The fourth-order valence-electron chi connectivity index (χ4n) is 1.50. The Bertz CT molecular complexity index is 549. The third kappa shape index (κ3) is 2.88. The summed E-state index contributed by atoms with van der Waals surface area (Å²) in [6.45, 7) is 2.39. The number of hydrogen-bond acceptors (Lipinski definition) is 5. The summed E-state index contributed by atoms with van der Waals surface area (Å²) in [6.07, 6.45) is 0. The Morgan fingerprint density at radius 1 is 1.39 bits per heavy atom. The standard InChI is InChI=1S/C13H14N2O3/c1-9-4-3-5-12(15-9)14-8-10-6-7-11(18-10)13(16)17-2/h3-7H,8H2,1-2H3,(H,14,15). The number of anilines is 1. The van der Waals surface area contributed by atoms with Crippen LogP contribution < -0.4 is 5.32 Å². The highest BCUT2D eigenvalue weighted by Crippen LogP contribution is 2.11. The van der Waals surface area contributed by atoms with E-state index in [9.17, 15) is 4.79 Å². The molecule has 0 aliphatic carbocycles. The molecule has 1 N–H and O–H groups in total. The van der Waals surface area contributed by atoms with Crippen LogP contribution in [0.25, 0.3) is 0 Å². The average molecular weight is 246 g/mol. The Morgan fingerprint density at radius 2 is 2.22 bits per heavy atom. The summed E-state index contributed by atoms with van der Waals surface area (Å²) < 4.78 is 9.89. The lowest BCUT2D eigenvalue weighted by Crippen LogP contribution is -2.01. The molecule has 0 amide bonds. The van der Waals surface area contributed by atoms with Crippen LogP contribution in [0, 0.1) is 6.92 Å². The number of ether oxygens (including phenoxy) is 1. The molecule has 0 aromatic carbocycles. The topological polar surface area (TPSA) is 64.4 Å². The molecule has 2 rings (SSSR count). The van der Waals surface area contributed by atoms with Gasteiger partial charge in [0, 0.05) is 5.69 Å². The van der Waals surface area contributed by atoms with E-state index in [0.717, 1.165) is 11.5 Å². The van der Waals surface area contributed by atoms with Gasteiger partial charge in [-0.15, -0.1) is 0 Å². The van der Waals surface area contributed by atoms with Gasteiger partial charge in [0.15, 0.2) is 0 Å². The van der Waals surface area contributed by atoms with Crippen LogP contribution in [-0.2, 0) is 11.3 Å². The number of nitrogens with zero attached hydrogens (tertiary/aromatic N) is 1. The third-order valence-electron chi connectivity index (χ3n) is 2.38. The summed E-state index contributed by atoms with van der Waals surface area (Å²) in [5, 5.41) is 3.12. The first kappa shape index (κ1) is 12.2. The number of nitrogens with one attached hydrogen (secondary N) is 1. The minimum absolute atomic E-state index is 0.200. The normalized spacial score (nSPS) is 10.1. The molecule has 0 saturated heterocycles. The van der Waals surface area contributed by atoms with Crippen molar-refractivity contribution in [1.29, 1.82) is 0 Å². The van der Waals surface area contributed by atoms with Gasteiger partial charge in [-0.05, 0) is 31.2 Å². The monoisotopic (exact) mass is 246 g/mol. The Labute approximate surface area is 105 Å². The van der Waals surface area contributed by atoms with Gasteiger partial charge in [0.1, 0.15) is 11.6 Å². The first-order valence-electron chi connectivity index (χ1n) is 5.53. The number of esters is 1. The zero-order valence-corrected chi connectivity index (χ0v) is 10.3. The van der Waals surface area contributed by atoms with E-state index in [1.54, 1.807) is 12.1 Å². The van der Waals surface area contributed by atoms with Crippen molar-refractivity contribution in [3.63, 3.8) is 0 Å². The van der Waals surface area contributed by atoms with E-state index >= 15 is 0 Å². The zero-order chi connectivity index (χ0) is 13.0. The van der Waals surface area contributed by atoms with E-state index in [0.29, 0.717) is 12.3 Å². The molecule has 94 valence electrons. The second kappa shape index (κ2) is 5.35. The SMILES string of the molecule is COC(=O)c1ccc(CNc2cccc(C)n2)o1. The summed E-state index contributed by atoms with van der Waals surface area (Å²) in [5.41, 5.74) is 0.940. The minimum atomic E-state index is -0.477. The third-order valence-corrected chi connectivity index (χ3v) is 2.38. The van der Waals surface area contributed by atoms with Gasteiger partial charge in [-0.2, -0.15) is 0 Å². The van der Waals surface area contributed by atoms with E-state index in [2.05, 4.69) is 15.0 Å². The van der Waals surface area contributed by atoms with Crippen molar-refractivity contribution in [1.82, 2.24) is 4.98 Å². The molecule has 0 bridgehead atoms. The lowest BCUT2D eigenvalue weighted by atomic mass is 10.3. The summed E-state index contributed by atoms with van der Waals surface area (Å²) in [6, 6.07) is 9.04. The summed E-state index contributed by atoms with van der Waals surface area (Å²) in [7, 11) is 1.32. The molecular weight excluding hydrogens is 232 g/mol. The van der Waals surface area contributed by atoms with E-state index < -0.39 is 5.97 Å². The van der Waals surface area contributed by atoms with Crippen LogP contribution in [0.1, 0.15) is 22.0 Å². The maximum absolute atomic E-state index is 11.2. The van der Waals surface area contributed by atoms with Crippen molar-refractivity contribution in [3.8, 4) is 0 Å². The van der Waals surface area contributed by atoms with E-state index in [-0.39, 0.29) is 5.76 Å². The van der Waals surface area contributed by atoms with Gasteiger partial charge in [-0.1, -0.05) is 6.07 Å². The molecule has 2 aromatic rings. The molecule has 5 heteroatoms. The fourth-order valence-corrected chi connectivity index (χ4v) is 1.50. The first-order valence-corrected chi connectivity index (χ1v) is 5.53. The maximum Gasteiger partial charge on any atom is 0.373 e. The van der Waals surface area contributed by atoms with Crippen LogP contribution in [0.15, 0.2) is 34.7 Å². The molecule has 0 saturated carbocycles. The predicted molar refractivity (Wildman–Crippen MR) is 66.3 cm³/mol. The van der Waals surface area contributed by atoms with Crippen LogP contribution >= 0.6 is 0 Å². The number of aromatic nitrogens is 1. The van der Waals surface area contributed by atoms with Gasteiger partial charge in [-0.25, -0.2) is 9.78 Å². The number of pyridine rings is 1. The number of hydrogen-bond donors (Lipinski definition) is 1. The van der Waals surface area contributed by atoms with E-state index in [4.69, 9.17) is 4.42 Å². The number of furan rings is 1. The molecule has 0 atom stereocenters. The molecule has 2 heterocycles. The fraction of sp³-hybridized carbons (Fsp3) is 0.231. The Balaban J connectivity index is 1.98. The summed E-state index contributed by atoms with van der Waals surface area (Å²) in [4.78, 5) is 15.5. The predicted octanol–water partition coefficient (Wildman–Crippen LogP) is 2.38. The number of rotatable bonds is 4. The highest BCUT2D eigenvalue weighted by Gasteiger charge is 2.10. The molecule has 0 spiro atoms. The van der Waals surface area contributed by atoms with Gasteiger partial charge >= 0.3 is 5.97 Å². The summed E-state index contributed by atoms with van der Waals surface area (Å²) >= 11 is 0. The average Bonchev–Trinajstić information content (AvgIpc) is 2.84. The van der Waals surface area contributed by atoms with Crippen LogP contribution in [0.2, 0.25) is 0 Å². The Hall–Kier alpha value is -2.30. The molecule has 0 aliphatic heterocycles. The molecule has 0 unspecified atom stereocenters. The molecular formula is C13H14N2O3. The van der Waals surface area contributed by atoms with E-state index in [1.807, 2.05) is 25.1 Å². The van der Waals surface area contributed by atoms with Gasteiger partial charge in [-0.3, -0.25) is 0 Å². The maximum atomic E-state index is 11.2. The van der Waals surface area contributed by atoms with Crippen molar-refractivity contribution in [2.45, 2.75) is 13.5 Å². The van der Waals surface area contributed by atoms with Gasteiger partial charge in [0.05, 0.1) is 13.7 Å². The van der Waals surface area contributed by atoms with Crippen LogP contribution in [0.4, 0.5) is 5.82 Å². The highest BCUT2D eigenvalue weighted by molar-refractivity contribution is 5.86. The lowest BCUT2D eigenvalue weighted by molar-refractivity contribution is 0.0563. The van der Waals surface area contributed by atoms with Crippen LogP contribution in [0.3, 0.4) is 0 Å². The minimum Gasteiger partial charge on any atom is -0.463 e. The van der Waals surface area contributed by atoms with Gasteiger partial charge in [0.25, 0.3) is 0 Å². The van der Waals surface area contributed by atoms with Crippen LogP contribution in [0.5, 0.6) is 0 Å². The number of carbonyl (C=O) groups is 1. The van der Waals surface area contributed by atoms with Crippen molar-refractivity contribution in [3.05, 3.63) is 47.5 Å². The second-order valence-corrected chi connectivity index (χ2v) is 3.78. The Kier molecular flexibility index (Phi) is 3.62. The van der Waals surface area contributed by atoms with E-state index in [1.165, 1.54) is 7.11 Å². The van der Waals surface area contributed by atoms with Crippen molar-refractivity contribution in [2.75, 3.05) is 12.4 Å². The van der Waals surface area contributed by atoms with Gasteiger partial charge < -0.3 is 14.5 Å². The largest absolute Gasteiger partial charge is 0.463 e. The molecule has 5 nitrogen and oxygen atoms in total. The van der Waals surface area contributed by atoms with Crippen molar-refractivity contribution in [2.24, 2.45) is 0 Å². The molecule has 0 fully saturated rings.